The minimum absolute atomic E-state index is 0.0560. The number of rotatable bonds is 7. The molecule has 0 spiro atoms. The molecule has 0 saturated carbocycles. The van der Waals surface area contributed by atoms with Crippen LogP contribution in [0, 0.1) is 0 Å². The molecule has 172 valence electrons. The summed E-state index contributed by atoms with van der Waals surface area (Å²) in [6, 6.07) is 23.7. The maximum atomic E-state index is 12.9. The maximum Gasteiger partial charge on any atom is 0.238 e. The van der Waals surface area contributed by atoms with Gasteiger partial charge in [0.2, 0.25) is 11.8 Å². The molecular formula is C27H25N3O3S. The molecule has 1 aromatic heterocycles. The fraction of sp³-hybridized carbons (Fsp3) is 0.185. The fourth-order valence-corrected chi connectivity index (χ4v) is 5.42. The van der Waals surface area contributed by atoms with Crippen LogP contribution in [0.1, 0.15) is 23.5 Å². The molecule has 0 aliphatic carbocycles. The normalized spacial score (nSPS) is 15.9. The Hall–Kier alpha value is -3.71. The first-order valence-corrected chi connectivity index (χ1v) is 12.0. The third-order valence-corrected chi connectivity index (χ3v) is 7.37. The average molecular weight is 472 g/mol. The number of carbonyl (C=O) groups excluding carboxylic acids is 2. The number of H-pyrrole nitrogens is 1. The van der Waals surface area contributed by atoms with E-state index in [0.29, 0.717) is 6.54 Å². The van der Waals surface area contributed by atoms with Gasteiger partial charge in [0.25, 0.3) is 0 Å². The predicted octanol–water partition coefficient (Wildman–Crippen LogP) is 4.93. The number of carbonyl (C=O) groups is 2. The Morgan fingerprint density at radius 2 is 1.82 bits per heavy atom. The van der Waals surface area contributed by atoms with Gasteiger partial charge in [-0.25, -0.2) is 0 Å². The molecule has 3 aromatic carbocycles. The molecule has 0 radical (unpaired) electrons. The van der Waals surface area contributed by atoms with Gasteiger partial charge in [-0.3, -0.25) is 9.59 Å². The SMILES string of the molecule is COc1ccc(C(CNC(=O)CC2Sc3ccccc3NC2=O)c2c[nH]c3ccccc23)cc1. The number of hydrogen-bond donors (Lipinski definition) is 3. The second-order valence-corrected chi connectivity index (χ2v) is 9.46. The van der Waals surface area contributed by atoms with E-state index >= 15 is 0 Å². The van der Waals surface area contributed by atoms with Gasteiger partial charge in [0.15, 0.2) is 0 Å². The molecule has 2 heterocycles. The van der Waals surface area contributed by atoms with Crippen LogP contribution < -0.4 is 15.4 Å². The summed E-state index contributed by atoms with van der Waals surface area (Å²) in [5, 5.41) is 6.65. The second kappa shape index (κ2) is 9.65. The third-order valence-electron chi connectivity index (χ3n) is 6.10. The Kier molecular flexibility index (Phi) is 6.27. The lowest BCUT2D eigenvalue weighted by atomic mass is 9.90. The number of benzene rings is 3. The van der Waals surface area contributed by atoms with Gasteiger partial charge in [0, 0.05) is 40.9 Å². The number of thioether (sulfide) groups is 1. The summed E-state index contributed by atoms with van der Waals surface area (Å²) in [6.07, 6.45) is 2.13. The quantitative estimate of drug-likeness (QED) is 0.357. The van der Waals surface area contributed by atoms with Crippen LogP contribution in [0.15, 0.2) is 83.9 Å². The van der Waals surface area contributed by atoms with Gasteiger partial charge in [-0.2, -0.15) is 0 Å². The average Bonchev–Trinajstić information content (AvgIpc) is 3.29. The number of hydrogen-bond acceptors (Lipinski definition) is 4. The lowest BCUT2D eigenvalue weighted by Crippen LogP contribution is -2.36. The van der Waals surface area contributed by atoms with E-state index in [1.165, 1.54) is 11.8 Å². The molecule has 2 unspecified atom stereocenters. The molecule has 0 bridgehead atoms. The predicted molar refractivity (Wildman–Crippen MR) is 135 cm³/mol. The largest absolute Gasteiger partial charge is 0.497 e. The van der Waals surface area contributed by atoms with E-state index in [9.17, 15) is 9.59 Å². The number of aromatic nitrogens is 1. The molecule has 5 rings (SSSR count). The molecule has 3 N–H and O–H groups in total. The minimum Gasteiger partial charge on any atom is -0.497 e. The summed E-state index contributed by atoms with van der Waals surface area (Å²) >= 11 is 1.44. The molecule has 1 aliphatic heterocycles. The Balaban J connectivity index is 1.33. The number of aromatic amines is 1. The fourth-order valence-electron chi connectivity index (χ4n) is 4.31. The Morgan fingerprint density at radius 3 is 2.65 bits per heavy atom. The molecule has 4 aromatic rings. The summed E-state index contributed by atoms with van der Waals surface area (Å²) in [5.74, 6) is 0.443. The monoisotopic (exact) mass is 471 g/mol. The first kappa shape index (κ1) is 22.1. The molecular weight excluding hydrogens is 446 g/mol. The zero-order valence-corrected chi connectivity index (χ0v) is 19.5. The molecule has 0 fully saturated rings. The summed E-state index contributed by atoms with van der Waals surface area (Å²) in [7, 11) is 1.64. The van der Waals surface area contributed by atoms with Crippen molar-refractivity contribution < 1.29 is 14.3 Å². The highest BCUT2D eigenvalue weighted by atomic mass is 32.2. The van der Waals surface area contributed by atoms with E-state index in [1.807, 2.05) is 72.9 Å². The van der Waals surface area contributed by atoms with Crippen LogP contribution >= 0.6 is 11.8 Å². The second-order valence-electron chi connectivity index (χ2n) is 8.22. The number of amides is 2. The lowest BCUT2D eigenvalue weighted by molar-refractivity contribution is -0.124. The number of nitrogens with one attached hydrogen (secondary N) is 3. The van der Waals surface area contributed by atoms with E-state index in [4.69, 9.17) is 4.74 Å². The number of ether oxygens (including phenoxy) is 1. The molecule has 1 aliphatic rings. The summed E-state index contributed by atoms with van der Waals surface area (Å²) in [4.78, 5) is 29.7. The van der Waals surface area contributed by atoms with Crippen LogP contribution in [-0.4, -0.2) is 35.7 Å². The van der Waals surface area contributed by atoms with Crippen molar-refractivity contribution in [2.75, 3.05) is 19.0 Å². The summed E-state index contributed by atoms with van der Waals surface area (Å²) in [6.45, 7) is 0.419. The first-order chi connectivity index (χ1) is 16.6. The smallest absolute Gasteiger partial charge is 0.238 e. The van der Waals surface area contributed by atoms with E-state index in [-0.39, 0.29) is 24.2 Å². The van der Waals surface area contributed by atoms with Gasteiger partial charge in [-0.1, -0.05) is 42.5 Å². The summed E-state index contributed by atoms with van der Waals surface area (Å²) < 4.78 is 5.31. The van der Waals surface area contributed by atoms with E-state index in [0.717, 1.165) is 38.4 Å². The number of fused-ring (bicyclic) bond motifs is 2. The van der Waals surface area contributed by atoms with Crippen LogP contribution in [0.5, 0.6) is 5.75 Å². The first-order valence-electron chi connectivity index (χ1n) is 11.2. The van der Waals surface area contributed by atoms with Gasteiger partial charge >= 0.3 is 0 Å². The van der Waals surface area contributed by atoms with Crippen molar-refractivity contribution in [1.29, 1.82) is 0 Å². The minimum atomic E-state index is -0.456. The van der Waals surface area contributed by atoms with Gasteiger partial charge in [-0.05, 0) is 41.5 Å². The standard InChI is InChI=1S/C27H25N3O3S/c1-33-18-12-10-17(11-13-18)20(21-16-28-22-7-3-2-6-19(21)22)15-29-26(31)14-25-27(32)30-23-8-4-5-9-24(23)34-25/h2-13,16,20,25,28H,14-15H2,1H3,(H,29,31)(H,30,32). The number of methoxy groups -OCH3 is 1. The molecule has 6 nitrogen and oxygen atoms in total. The molecule has 34 heavy (non-hydrogen) atoms. The lowest BCUT2D eigenvalue weighted by Gasteiger charge is -2.24. The van der Waals surface area contributed by atoms with Crippen LogP contribution in [0.2, 0.25) is 0 Å². The third kappa shape index (κ3) is 4.52. The van der Waals surface area contributed by atoms with Crippen molar-refractivity contribution in [3.63, 3.8) is 0 Å². The van der Waals surface area contributed by atoms with Gasteiger partial charge in [0.1, 0.15) is 5.75 Å². The Bertz CT molecular complexity index is 1330. The van der Waals surface area contributed by atoms with Crippen molar-refractivity contribution in [2.45, 2.75) is 22.5 Å². The molecule has 7 heteroatoms. The van der Waals surface area contributed by atoms with Gasteiger partial charge in [-0.15, -0.1) is 11.8 Å². The topological polar surface area (TPSA) is 83.2 Å². The van der Waals surface area contributed by atoms with E-state index in [1.54, 1.807) is 7.11 Å². The van der Waals surface area contributed by atoms with E-state index in [2.05, 4.69) is 21.7 Å². The van der Waals surface area contributed by atoms with Crippen molar-refractivity contribution in [1.82, 2.24) is 10.3 Å². The zero-order valence-electron chi connectivity index (χ0n) is 18.7. The highest BCUT2D eigenvalue weighted by Gasteiger charge is 2.29. The maximum absolute atomic E-state index is 12.9. The number of para-hydroxylation sites is 2. The van der Waals surface area contributed by atoms with Crippen molar-refractivity contribution in [3.05, 3.63) is 90.1 Å². The molecule has 2 amide bonds. The summed E-state index contributed by atoms with van der Waals surface area (Å²) in [5.41, 5.74) is 4.04. The highest BCUT2D eigenvalue weighted by molar-refractivity contribution is 8.01. The van der Waals surface area contributed by atoms with E-state index < -0.39 is 5.25 Å². The molecule has 0 saturated heterocycles. The Morgan fingerprint density at radius 1 is 1.06 bits per heavy atom. The van der Waals surface area contributed by atoms with Crippen LogP contribution in [0.4, 0.5) is 5.69 Å². The van der Waals surface area contributed by atoms with Crippen LogP contribution in [0.3, 0.4) is 0 Å². The van der Waals surface area contributed by atoms with Crippen LogP contribution in [0.25, 0.3) is 10.9 Å². The molecule has 2 atom stereocenters. The van der Waals surface area contributed by atoms with Crippen molar-refractivity contribution in [3.8, 4) is 5.75 Å². The number of anilines is 1. The Labute approximate surface area is 202 Å². The zero-order chi connectivity index (χ0) is 23.5. The van der Waals surface area contributed by atoms with Crippen molar-refractivity contribution >= 4 is 40.2 Å². The van der Waals surface area contributed by atoms with Crippen LogP contribution in [-0.2, 0) is 9.59 Å². The highest BCUT2D eigenvalue weighted by Crippen LogP contribution is 2.37. The van der Waals surface area contributed by atoms with Crippen molar-refractivity contribution in [2.24, 2.45) is 0 Å². The van der Waals surface area contributed by atoms with Gasteiger partial charge in [0.05, 0.1) is 18.0 Å². The van der Waals surface area contributed by atoms with Gasteiger partial charge < -0.3 is 20.4 Å².